The second-order valence-electron chi connectivity index (χ2n) is 9.69. The third-order valence-electron chi connectivity index (χ3n) is 6.47. The summed E-state index contributed by atoms with van der Waals surface area (Å²) >= 11 is 1.66. The zero-order valence-electron chi connectivity index (χ0n) is 22.0. The molecule has 4 aliphatic heterocycles. The molecule has 4 heteroatoms. The van der Waals surface area contributed by atoms with E-state index in [9.17, 15) is 0 Å². The van der Waals surface area contributed by atoms with Gasteiger partial charge in [0.1, 0.15) is 5.76 Å². The molecular weight excluding hydrogens is 364 g/mol. The minimum atomic E-state index is -2.14. The molecule has 1 aliphatic carbocycles. The molecule has 0 aromatic heterocycles. The van der Waals surface area contributed by atoms with Crippen LogP contribution >= 0.6 is 11.8 Å². The number of hydrogen-bond donors (Lipinski definition) is 1. The summed E-state index contributed by atoms with van der Waals surface area (Å²) in [4.78, 5) is 5.37. The summed E-state index contributed by atoms with van der Waals surface area (Å²) in [5.41, 5.74) is 2.32. The van der Waals surface area contributed by atoms with Crippen LogP contribution in [-0.2, 0) is 4.74 Å². The van der Waals surface area contributed by atoms with Crippen molar-refractivity contribution in [1.82, 2.24) is 5.32 Å². The predicted molar refractivity (Wildman–Crippen MR) is 118 cm³/mol. The molecule has 152 valence electrons. The van der Waals surface area contributed by atoms with Crippen LogP contribution in [0.3, 0.4) is 0 Å². The summed E-state index contributed by atoms with van der Waals surface area (Å²) in [6.07, 6.45) is 6.98. The fourth-order valence-corrected chi connectivity index (χ4v) is 6.89. The molecule has 1 fully saturated rings. The number of thioether (sulfide) groups is 1. The fraction of sp³-hybridized carbons (Fsp3) is 0.708. The number of allylic oxidation sites excluding steroid dienone is 3. The van der Waals surface area contributed by atoms with Crippen molar-refractivity contribution >= 4 is 17.5 Å². The molecule has 0 saturated carbocycles. The van der Waals surface area contributed by atoms with Crippen molar-refractivity contribution in [3.8, 4) is 0 Å². The molecule has 1 saturated heterocycles. The first-order chi connectivity index (χ1) is 15.4. The molecule has 3 nitrogen and oxygen atoms in total. The number of fused-ring (bicyclic) bond motifs is 4. The van der Waals surface area contributed by atoms with Crippen LogP contribution in [0.2, 0.25) is 0 Å². The third-order valence-corrected chi connectivity index (χ3v) is 7.75. The van der Waals surface area contributed by atoms with Crippen LogP contribution in [0.25, 0.3) is 0 Å². The lowest BCUT2D eigenvalue weighted by molar-refractivity contribution is 0.128. The minimum absolute atomic E-state index is 0.100. The van der Waals surface area contributed by atoms with Gasteiger partial charge in [0, 0.05) is 37.0 Å². The Morgan fingerprint density at radius 3 is 3.07 bits per heavy atom. The lowest BCUT2D eigenvalue weighted by Crippen LogP contribution is -2.44. The quantitative estimate of drug-likeness (QED) is 0.651. The van der Waals surface area contributed by atoms with Crippen LogP contribution in [0.4, 0.5) is 0 Å². The summed E-state index contributed by atoms with van der Waals surface area (Å²) in [7, 11) is 0. The first-order valence-corrected chi connectivity index (χ1v) is 11.5. The Labute approximate surface area is 181 Å². The highest BCUT2D eigenvalue weighted by Crippen LogP contribution is 2.51. The van der Waals surface area contributed by atoms with Crippen LogP contribution in [0.5, 0.6) is 0 Å². The highest BCUT2D eigenvalue weighted by molar-refractivity contribution is 8.04. The summed E-state index contributed by atoms with van der Waals surface area (Å²) < 4.78 is 47.2. The maximum atomic E-state index is 8.77. The minimum Gasteiger partial charge on any atom is -0.472 e. The zero-order chi connectivity index (χ0) is 23.8. The third kappa shape index (κ3) is 3.41. The second-order valence-corrected chi connectivity index (χ2v) is 10.9. The first kappa shape index (κ1) is 14.1. The van der Waals surface area contributed by atoms with Gasteiger partial charge in [-0.1, -0.05) is 26.8 Å². The van der Waals surface area contributed by atoms with E-state index in [0.717, 1.165) is 42.9 Å². The van der Waals surface area contributed by atoms with Gasteiger partial charge in [0.05, 0.1) is 5.25 Å². The van der Waals surface area contributed by atoms with E-state index in [1.165, 1.54) is 11.1 Å². The Balaban J connectivity index is 1.44. The van der Waals surface area contributed by atoms with E-state index < -0.39 is 18.6 Å². The first-order valence-electron chi connectivity index (χ1n) is 13.2. The van der Waals surface area contributed by atoms with Gasteiger partial charge in [-0.2, -0.15) is 0 Å². The SMILES string of the molecule is [2H]C([2H])([2H])C1=NC2OC3=C(C4NCC=C5C=C(C([2H])([2H])C(C)(C)C)S[C@@H]54)CCC[C@H]3C2CC1. The largest absolute Gasteiger partial charge is 0.472 e. The summed E-state index contributed by atoms with van der Waals surface area (Å²) in [5, 5.41) is 3.82. The number of aliphatic imine (C=N–C) groups is 1. The Hall–Kier alpha value is -1.00. The van der Waals surface area contributed by atoms with Gasteiger partial charge in [0.15, 0.2) is 6.23 Å². The standard InChI is InChI=1S/C24H34N2OS/c1-14-8-9-18-17-6-5-7-19(21(17)27-23(18)26-14)20-22-15(10-11-25-20)12-16(28-22)13-24(2,3)4/h10,12,17-18,20,22-23,25H,5-9,11,13H2,1-4H3/t17-,18?,20?,22-,23?/m0/s1/i1D3,13D2. The van der Waals surface area contributed by atoms with Crippen molar-refractivity contribution in [2.45, 2.75) is 83.6 Å². The van der Waals surface area contributed by atoms with Gasteiger partial charge in [-0.05, 0) is 72.9 Å². The van der Waals surface area contributed by atoms with E-state index in [4.69, 9.17) is 11.6 Å². The van der Waals surface area contributed by atoms with E-state index >= 15 is 0 Å². The maximum Gasteiger partial charge on any atom is 0.192 e. The number of nitrogens with one attached hydrogen (secondary N) is 1. The van der Waals surface area contributed by atoms with Crippen LogP contribution in [0.1, 0.15) is 73.0 Å². The van der Waals surface area contributed by atoms with Crippen molar-refractivity contribution in [2.75, 3.05) is 6.54 Å². The Morgan fingerprint density at radius 1 is 1.36 bits per heavy atom. The van der Waals surface area contributed by atoms with Gasteiger partial charge in [-0.3, -0.25) is 4.99 Å². The average molecular weight is 404 g/mol. The van der Waals surface area contributed by atoms with Gasteiger partial charge in [0.25, 0.3) is 0 Å². The molecule has 5 aliphatic rings. The Kier molecular flexibility index (Phi) is 3.55. The van der Waals surface area contributed by atoms with Gasteiger partial charge >= 0.3 is 0 Å². The zero-order valence-corrected chi connectivity index (χ0v) is 17.9. The molecule has 0 bridgehead atoms. The van der Waals surface area contributed by atoms with Crippen LogP contribution in [0, 0.1) is 17.3 Å². The summed E-state index contributed by atoms with van der Waals surface area (Å²) in [6, 6.07) is 0.100. The molecule has 0 spiro atoms. The molecule has 28 heavy (non-hydrogen) atoms. The maximum absolute atomic E-state index is 8.77. The number of hydrogen-bond acceptors (Lipinski definition) is 4. The molecule has 0 aromatic rings. The van der Waals surface area contributed by atoms with E-state index in [2.05, 4.69) is 22.5 Å². The topological polar surface area (TPSA) is 33.6 Å². The molecule has 3 unspecified atom stereocenters. The fourth-order valence-electron chi connectivity index (χ4n) is 5.35. The highest BCUT2D eigenvalue weighted by atomic mass is 32.2. The van der Waals surface area contributed by atoms with Gasteiger partial charge in [-0.15, -0.1) is 11.8 Å². The van der Waals surface area contributed by atoms with Gasteiger partial charge < -0.3 is 10.1 Å². The molecule has 5 rings (SSSR count). The van der Waals surface area contributed by atoms with Crippen molar-refractivity contribution < 1.29 is 11.6 Å². The summed E-state index contributed by atoms with van der Waals surface area (Å²) in [6.45, 7) is 4.49. The number of nitrogens with zero attached hydrogens (tertiary/aromatic N) is 1. The second kappa shape index (κ2) is 7.05. The van der Waals surface area contributed by atoms with E-state index in [1.807, 2.05) is 20.8 Å². The molecule has 1 N–H and O–H groups in total. The molecule has 0 aromatic carbocycles. The van der Waals surface area contributed by atoms with Crippen molar-refractivity contribution in [2.24, 2.45) is 22.2 Å². The van der Waals surface area contributed by atoms with E-state index in [-0.39, 0.29) is 23.4 Å². The van der Waals surface area contributed by atoms with Crippen LogP contribution in [0.15, 0.2) is 39.0 Å². The Morgan fingerprint density at radius 2 is 2.25 bits per heavy atom. The molecule has 0 amide bonds. The van der Waals surface area contributed by atoms with E-state index in [0.29, 0.717) is 18.1 Å². The predicted octanol–water partition coefficient (Wildman–Crippen LogP) is 5.60. The molecule has 0 radical (unpaired) electrons. The van der Waals surface area contributed by atoms with Crippen molar-refractivity contribution in [1.29, 1.82) is 0 Å². The van der Waals surface area contributed by atoms with Gasteiger partial charge in [0.2, 0.25) is 0 Å². The lowest BCUT2D eigenvalue weighted by atomic mass is 9.76. The number of ether oxygens (including phenoxy) is 1. The van der Waals surface area contributed by atoms with Gasteiger partial charge in [-0.25, -0.2) is 0 Å². The normalized spacial score (nSPS) is 41.0. The highest BCUT2D eigenvalue weighted by Gasteiger charge is 2.47. The van der Waals surface area contributed by atoms with Crippen molar-refractivity contribution in [3.63, 3.8) is 0 Å². The molecule has 4 heterocycles. The smallest absolute Gasteiger partial charge is 0.192 e. The summed E-state index contributed by atoms with van der Waals surface area (Å²) in [5.74, 6) is 1.62. The van der Waals surface area contributed by atoms with Crippen LogP contribution in [-0.4, -0.2) is 29.8 Å². The van der Waals surface area contributed by atoms with Crippen LogP contribution < -0.4 is 5.32 Å². The molecular formula is C24H34N2OS. The Bertz CT molecular complexity index is 959. The van der Waals surface area contributed by atoms with E-state index in [1.54, 1.807) is 11.8 Å². The molecule has 5 atom stereocenters. The number of rotatable bonds is 2. The monoisotopic (exact) mass is 403 g/mol. The lowest BCUT2D eigenvalue weighted by Gasteiger charge is -2.35. The van der Waals surface area contributed by atoms with Crippen molar-refractivity contribution in [3.05, 3.63) is 34.0 Å². The average Bonchev–Trinajstić information content (AvgIpc) is 3.33.